The molecule has 324 valence electrons. The second-order valence-corrected chi connectivity index (χ2v) is 14.0. The van der Waals surface area contributed by atoms with E-state index in [4.69, 9.17) is 30.4 Å². The predicted molar refractivity (Wildman–Crippen MR) is 209 cm³/mol. The van der Waals surface area contributed by atoms with Crippen LogP contribution in [0.25, 0.3) is 0 Å². The molecule has 0 aromatic heterocycles. The van der Waals surface area contributed by atoms with Crippen LogP contribution in [0, 0.1) is 0 Å². The Morgan fingerprint density at radius 1 is 0.583 bits per heavy atom. The molecule has 2 aliphatic rings. The lowest BCUT2D eigenvalue weighted by Crippen LogP contribution is -2.36. The number of carbonyl (C=O) groups excluding carboxylic acids is 4. The van der Waals surface area contributed by atoms with Crippen LogP contribution in [0.3, 0.4) is 0 Å². The van der Waals surface area contributed by atoms with Gasteiger partial charge in [0.1, 0.15) is 23.0 Å². The van der Waals surface area contributed by atoms with Gasteiger partial charge in [0, 0.05) is 26.2 Å². The van der Waals surface area contributed by atoms with Crippen molar-refractivity contribution < 1.29 is 64.5 Å². The summed E-state index contributed by atoms with van der Waals surface area (Å²) in [5.41, 5.74) is 13.3. The third kappa shape index (κ3) is 13.5. The lowest BCUT2D eigenvalue weighted by Gasteiger charge is -2.15. The van der Waals surface area contributed by atoms with Crippen LogP contribution in [0.15, 0.2) is 84.9 Å². The Labute approximate surface area is 342 Å². The number of nitrogens with two attached hydrogens (primary N) is 2. The van der Waals surface area contributed by atoms with Crippen LogP contribution in [-0.4, -0.2) is 61.2 Å². The summed E-state index contributed by atoms with van der Waals surface area (Å²) in [4.78, 5) is 44.9. The molecular formula is C42H46F6N4O8. The summed E-state index contributed by atoms with van der Waals surface area (Å²) in [6, 6.07) is 24.1. The average Bonchev–Trinajstić information content (AvgIpc) is 3.58. The largest absolute Gasteiger partial charge is 0.497 e. The van der Waals surface area contributed by atoms with Gasteiger partial charge in [-0.3, -0.25) is 19.2 Å². The number of nitrogens with one attached hydrogen (secondary N) is 2. The number of rotatable bonds is 8. The lowest BCUT2D eigenvalue weighted by molar-refractivity contribution is -0.173. The number of methoxy groups -OCH3 is 2. The Morgan fingerprint density at radius 2 is 0.933 bits per heavy atom. The molecule has 12 nitrogen and oxygen atoms in total. The van der Waals surface area contributed by atoms with Gasteiger partial charge in [-0.25, -0.2) is 0 Å². The predicted octanol–water partition coefficient (Wildman–Crippen LogP) is 6.75. The van der Waals surface area contributed by atoms with Crippen molar-refractivity contribution in [3.63, 3.8) is 0 Å². The molecule has 0 saturated carbocycles. The number of hydrogen-bond donors (Lipinski definition) is 4. The first-order chi connectivity index (χ1) is 27.9. The fraction of sp³-hybridized carbons (Fsp3) is 0.333. The highest BCUT2D eigenvalue weighted by atomic mass is 19.4. The first-order valence-corrected chi connectivity index (χ1v) is 18.0. The third-order valence-corrected chi connectivity index (χ3v) is 8.57. The summed E-state index contributed by atoms with van der Waals surface area (Å²) in [7, 11) is 3.10. The van der Waals surface area contributed by atoms with Crippen molar-refractivity contribution in [3.05, 3.63) is 118 Å². The highest BCUT2D eigenvalue weighted by molar-refractivity contribution is 6.07. The molecule has 18 heteroatoms. The SMILES string of the molecule is CC1(C)Oc2cc(CN)ccc2C1=O.CC1(C)Oc2cc(CNC(=O)C(F)(F)F)ccc2C1=O.COc1cccc(CN)c1.COc1cccc(CNC(=O)C(F)(F)F)c1. The van der Waals surface area contributed by atoms with Crippen molar-refractivity contribution >= 4 is 23.4 Å². The Kier molecular flexibility index (Phi) is 16.2. The van der Waals surface area contributed by atoms with Crippen molar-refractivity contribution in [3.8, 4) is 23.0 Å². The molecule has 0 bridgehead atoms. The summed E-state index contributed by atoms with van der Waals surface area (Å²) in [5, 5.41) is 3.53. The standard InChI is InChI=1S/C13H12F3NO3.C11H13NO2.C10H10F3NO2.C8H11NO/c1-12(2)10(18)8-4-3-7(5-9(8)20-12)6-17-11(19)13(14,15)16;1-11(2)10(13)8-4-3-7(6-12)5-9(8)14-11;1-16-8-4-2-3-7(5-8)6-14-9(15)10(11,12)13;1-10-8-4-2-3-7(5-8)6-9/h3-5H,6H2,1-2H3,(H,17,19);3-5H,6,12H2,1-2H3;2-5H,6H2,1H3,(H,14,15);2-5H,6,9H2,1H3. The van der Waals surface area contributed by atoms with E-state index in [1.807, 2.05) is 36.4 Å². The van der Waals surface area contributed by atoms with E-state index in [-0.39, 0.29) is 24.7 Å². The minimum Gasteiger partial charge on any atom is -0.497 e. The van der Waals surface area contributed by atoms with Gasteiger partial charge in [-0.15, -0.1) is 0 Å². The van der Waals surface area contributed by atoms with Crippen molar-refractivity contribution in [2.45, 2.75) is 77.4 Å². The smallest absolute Gasteiger partial charge is 0.471 e. The average molecular weight is 849 g/mol. The Hall–Kier alpha value is -6.14. The third-order valence-electron chi connectivity index (χ3n) is 8.57. The molecule has 0 fully saturated rings. The van der Waals surface area contributed by atoms with Crippen LogP contribution in [0.1, 0.15) is 70.7 Å². The number of carbonyl (C=O) groups is 4. The number of fused-ring (bicyclic) bond motifs is 2. The molecule has 6 rings (SSSR count). The van der Waals surface area contributed by atoms with Crippen LogP contribution in [0.4, 0.5) is 26.3 Å². The molecule has 0 atom stereocenters. The minimum absolute atomic E-state index is 0.0380. The van der Waals surface area contributed by atoms with Crippen LogP contribution in [0.2, 0.25) is 0 Å². The van der Waals surface area contributed by atoms with Gasteiger partial charge < -0.3 is 41.0 Å². The highest BCUT2D eigenvalue weighted by Gasteiger charge is 2.41. The van der Waals surface area contributed by atoms with E-state index >= 15 is 0 Å². The first-order valence-electron chi connectivity index (χ1n) is 18.0. The quantitative estimate of drug-likeness (QED) is 0.139. The summed E-state index contributed by atoms with van der Waals surface area (Å²) < 4.78 is 92.6. The molecule has 2 heterocycles. The van der Waals surface area contributed by atoms with Gasteiger partial charge in [-0.2, -0.15) is 26.3 Å². The zero-order valence-electron chi connectivity index (χ0n) is 33.6. The maximum Gasteiger partial charge on any atom is 0.471 e. The van der Waals surface area contributed by atoms with Gasteiger partial charge in [0.15, 0.2) is 11.2 Å². The number of amides is 2. The highest BCUT2D eigenvalue weighted by Crippen LogP contribution is 2.36. The van der Waals surface area contributed by atoms with E-state index in [1.165, 1.54) is 25.3 Å². The molecule has 0 aliphatic carbocycles. The van der Waals surface area contributed by atoms with Crippen molar-refractivity contribution in [1.82, 2.24) is 10.6 Å². The molecular weight excluding hydrogens is 802 g/mol. The maximum atomic E-state index is 12.0. The number of hydrogen-bond acceptors (Lipinski definition) is 10. The number of ether oxygens (including phenoxy) is 4. The van der Waals surface area contributed by atoms with E-state index in [0.717, 1.165) is 16.9 Å². The van der Waals surface area contributed by atoms with Crippen LogP contribution < -0.4 is 41.0 Å². The van der Waals surface area contributed by atoms with Crippen molar-refractivity contribution in [1.29, 1.82) is 0 Å². The summed E-state index contributed by atoms with van der Waals surface area (Å²) >= 11 is 0. The molecule has 0 unspecified atom stereocenters. The van der Waals surface area contributed by atoms with Gasteiger partial charge in [-0.1, -0.05) is 36.4 Å². The van der Waals surface area contributed by atoms with Gasteiger partial charge >= 0.3 is 24.2 Å². The topological polar surface area (TPSA) is 181 Å². The second kappa shape index (κ2) is 20.2. The molecule has 0 spiro atoms. The van der Waals surface area contributed by atoms with E-state index in [2.05, 4.69) is 0 Å². The Balaban J connectivity index is 0.000000219. The first kappa shape index (κ1) is 48.2. The Morgan fingerprint density at radius 3 is 1.33 bits per heavy atom. The lowest BCUT2D eigenvalue weighted by atomic mass is 9.99. The summed E-state index contributed by atoms with van der Waals surface area (Å²) in [6.07, 6.45) is -9.76. The monoisotopic (exact) mass is 848 g/mol. The summed E-state index contributed by atoms with van der Waals surface area (Å²) in [6.45, 7) is 7.33. The number of alkyl halides is 6. The fourth-order valence-electron chi connectivity index (χ4n) is 5.35. The van der Waals surface area contributed by atoms with E-state index in [9.17, 15) is 45.5 Å². The van der Waals surface area contributed by atoms with Crippen LogP contribution in [-0.2, 0) is 35.8 Å². The molecule has 2 amide bonds. The molecule has 4 aromatic carbocycles. The number of ketones is 2. The van der Waals surface area contributed by atoms with Crippen molar-refractivity contribution in [2.24, 2.45) is 11.5 Å². The summed E-state index contributed by atoms with van der Waals surface area (Å²) in [5.74, 6) is -1.73. The molecule has 6 N–H and O–H groups in total. The molecule has 60 heavy (non-hydrogen) atoms. The van der Waals surface area contributed by atoms with E-state index in [0.29, 0.717) is 52.6 Å². The van der Waals surface area contributed by atoms with Crippen molar-refractivity contribution in [2.75, 3.05) is 14.2 Å². The van der Waals surface area contributed by atoms with Gasteiger partial charge in [0.2, 0.25) is 11.6 Å². The number of halogens is 6. The number of Topliss-reactive ketones (excluding diaryl/α,β-unsaturated/α-hetero) is 2. The molecule has 4 aromatic rings. The number of benzene rings is 4. The Bertz CT molecular complexity index is 2140. The maximum absolute atomic E-state index is 12.0. The normalized spacial score (nSPS) is 14.2. The van der Waals surface area contributed by atoms with Gasteiger partial charge in [0.25, 0.3) is 0 Å². The zero-order valence-corrected chi connectivity index (χ0v) is 33.6. The van der Waals surface area contributed by atoms with Gasteiger partial charge in [0.05, 0.1) is 25.3 Å². The fourth-order valence-corrected chi connectivity index (χ4v) is 5.35. The zero-order chi connectivity index (χ0) is 45.1. The van der Waals surface area contributed by atoms with E-state index in [1.54, 1.807) is 75.8 Å². The second-order valence-electron chi connectivity index (χ2n) is 14.0. The molecule has 0 radical (unpaired) electrons. The van der Waals surface area contributed by atoms with Crippen LogP contribution >= 0.6 is 0 Å². The minimum atomic E-state index is -4.91. The molecule has 2 aliphatic heterocycles. The van der Waals surface area contributed by atoms with E-state index < -0.39 is 35.4 Å². The molecule has 0 saturated heterocycles. The van der Waals surface area contributed by atoms with Gasteiger partial charge in [-0.05, 0) is 98.5 Å². The van der Waals surface area contributed by atoms with Crippen LogP contribution in [0.5, 0.6) is 23.0 Å².